The van der Waals surface area contributed by atoms with Gasteiger partial charge < -0.3 is 14.9 Å². The summed E-state index contributed by atoms with van der Waals surface area (Å²) in [5.41, 5.74) is 1.35. The fraction of sp³-hybridized carbons (Fsp3) is 0.875. The summed E-state index contributed by atoms with van der Waals surface area (Å²) < 4.78 is 5.14. The van der Waals surface area contributed by atoms with E-state index in [9.17, 15) is 15.0 Å². The summed E-state index contributed by atoms with van der Waals surface area (Å²) in [6.07, 6.45) is 14.6. The minimum Gasteiger partial charge on any atom is -0.466 e. The number of carbonyl (C=O) groups excluding carboxylic acids is 1. The molecular formula is C24H44O4. The van der Waals surface area contributed by atoms with E-state index in [1.165, 1.54) is 18.4 Å². The summed E-state index contributed by atoms with van der Waals surface area (Å²) in [4.78, 5) is 11.9. The minimum atomic E-state index is -0.244. The number of aliphatic hydroxyl groups is 2. The molecule has 0 aliphatic heterocycles. The van der Waals surface area contributed by atoms with Gasteiger partial charge in [-0.1, -0.05) is 64.0 Å². The third-order valence-electron chi connectivity index (χ3n) is 6.14. The van der Waals surface area contributed by atoms with Crippen molar-refractivity contribution in [3.63, 3.8) is 0 Å². The van der Waals surface area contributed by atoms with Gasteiger partial charge in [-0.3, -0.25) is 4.79 Å². The van der Waals surface area contributed by atoms with Crippen LogP contribution in [0.25, 0.3) is 0 Å². The first kappa shape index (κ1) is 25.2. The number of esters is 1. The molecule has 1 saturated carbocycles. The largest absolute Gasteiger partial charge is 0.466 e. The van der Waals surface area contributed by atoms with Crippen LogP contribution in [-0.4, -0.2) is 35.0 Å². The van der Waals surface area contributed by atoms with Gasteiger partial charge >= 0.3 is 5.97 Å². The average molecular weight is 397 g/mol. The van der Waals surface area contributed by atoms with Crippen molar-refractivity contribution >= 4 is 5.97 Å². The number of carbonyl (C=O) groups is 1. The van der Waals surface area contributed by atoms with Crippen LogP contribution in [0.5, 0.6) is 0 Å². The number of hydrogen-bond acceptors (Lipinski definition) is 4. The molecule has 1 fully saturated rings. The van der Waals surface area contributed by atoms with Crippen LogP contribution in [0.15, 0.2) is 11.6 Å². The van der Waals surface area contributed by atoms with E-state index in [1.54, 1.807) is 0 Å². The number of aliphatic hydroxyl groups excluding tert-OH is 2. The van der Waals surface area contributed by atoms with E-state index in [4.69, 9.17) is 4.74 Å². The molecule has 4 atom stereocenters. The van der Waals surface area contributed by atoms with Crippen LogP contribution in [-0.2, 0) is 9.53 Å². The van der Waals surface area contributed by atoms with E-state index in [0.717, 1.165) is 70.6 Å². The highest BCUT2D eigenvalue weighted by Crippen LogP contribution is 2.36. The summed E-state index contributed by atoms with van der Waals surface area (Å²) in [6.45, 7) is 6.53. The zero-order chi connectivity index (χ0) is 20.8. The van der Waals surface area contributed by atoms with Crippen LogP contribution in [0.2, 0.25) is 0 Å². The van der Waals surface area contributed by atoms with Gasteiger partial charge in [0.2, 0.25) is 0 Å². The zero-order valence-electron chi connectivity index (χ0n) is 18.5. The standard InChI is InChI=1S/C24H44O4/c1-4-7-9-13-21(25)17-15-20-16-18-23(26)22(20)14-11-8-10-12-19(5-2)24(27)28-6-3/h15,19,21-23,25-26H,4-14,16-18H2,1-3H3/t19?,21?,22-,23+/m1/s1. The molecule has 0 amide bonds. The molecule has 2 unspecified atom stereocenters. The lowest BCUT2D eigenvalue weighted by molar-refractivity contribution is -0.148. The molecular weight excluding hydrogens is 352 g/mol. The first-order valence-corrected chi connectivity index (χ1v) is 11.7. The SMILES string of the molecule is CCCCCC(O)CC=C1CC[C@H](O)[C@@H]1CCCCCC(CC)C(=O)OCC. The van der Waals surface area contributed by atoms with Gasteiger partial charge in [-0.15, -0.1) is 0 Å². The topological polar surface area (TPSA) is 66.8 Å². The average Bonchev–Trinajstić information content (AvgIpc) is 3.03. The highest BCUT2D eigenvalue weighted by molar-refractivity contribution is 5.72. The smallest absolute Gasteiger partial charge is 0.308 e. The molecule has 1 aliphatic carbocycles. The van der Waals surface area contributed by atoms with E-state index >= 15 is 0 Å². The van der Waals surface area contributed by atoms with Gasteiger partial charge in [0.05, 0.1) is 24.7 Å². The molecule has 0 radical (unpaired) electrons. The second-order valence-electron chi connectivity index (χ2n) is 8.37. The van der Waals surface area contributed by atoms with Crippen LogP contribution >= 0.6 is 0 Å². The van der Waals surface area contributed by atoms with Crippen LogP contribution in [0, 0.1) is 11.8 Å². The molecule has 28 heavy (non-hydrogen) atoms. The van der Waals surface area contributed by atoms with E-state index in [-0.39, 0.29) is 30.0 Å². The monoisotopic (exact) mass is 396 g/mol. The van der Waals surface area contributed by atoms with Crippen molar-refractivity contribution in [2.45, 2.75) is 116 Å². The lowest BCUT2D eigenvalue weighted by Crippen LogP contribution is -2.17. The van der Waals surface area contributed by atoms with E-state index in [2.05, 4.69) is 13.0 Å². The van der Waals surface area contributed by atoms with Crippen molar-refractivity contribution in [2.75, 3.05) is 6.61 Å². The summed E-state index contributed by atoms with van der Waals surface area (Å²) in [5.74, 6) is 0.232. The zero-order valence-corrected chi connectivity index (χ0v) is 18.5. The van der Waals surface area contributed by atoms with Gasteiger partial charge in [-0.2, -0.15) is 0 Å². The molecule has 1 aliphatic rings. The van der Waals surface area contributed by atoms with E-state index < -0.39 is 0 Å². The predicted octanol–water partition coefficient (Wildman–Crippen LogP) is 5.55. The highest BCUT2D eigenvalue weighted by Gasteiger charge is 2.29. The lowest BCUT2D eigenvalue weighted by Gasteiger charge is -2.18. The molecule has 0 saturated heterocycles. The summed E-state index contributed by atoms with van der Waals surface area (Å²) >= 11 is 0. The molecule has 2 N–H and O–H groups in total. The molecule has 0 spiro atoms. The van der Waals surface area contributed by atoms with E-state index in [0.29, 0.717) is 6.61 Å². The number of unbranched alkanes of at least 4 members (excludes halogenated alkanes) is 4. The Hall–Kier alpha value is -0.870. The quantitative estimate of drug-likeness (QED) is 0.216. The molecule has 0 aromatic carbocycles. The molecule has 4 nitrogen and oxygen atoms in total. The Labute approximate surface area is 172 Å². The van der Waals surface area contributed by atoms with Crippen molar-refractivity contribution in [3.8, 4) is 0 Å². The van der Waals surface area contributed by atoms with Gasteiger partial charge in [-0.05, 0) is 51.9 Å². The second-order valence-corrected chi connectivity index (χ2v) is 8.37. The number of rotatable bonds is 15. The third-order valence-corrected chi connectivity index (χ3v) is 6.14. The van der Waals surface area contributed by atoms with Crippen molar-refractivity contribution in [1.29, 1.82) is 0 Å². The molecule has 0 heterocycles. The van der Waals surface area contributed by atoms with Gasteiger partial charge in [0, 0.05) is 5.92 Å². The molecule has 0 bridgehead atoms. The number of hydrogen-bond donors (Lipinski definition) is 2. The second kappa shape index (κ2) is 15.0. The fourth-order valence-electron chi connectivity index (χ4n) is 4.30. The van der Waals surface area contributed by atoms with Crippen LogP contribution in [0.4, 0.5) is 0 Å². The molecule has 4 heteroatoms. The summed E-state index contributed by atoms with van der Waals surface area (Å²) in [6, 6.07) is 0. The minimum absolute atomic E-state index is 0.0293. The predicted molar refractivity (Wildman–Crippen MR) is 115 cm³/mol. The molecule has 164 valence electrons. The first-order chi connectivity index (χ1) is 13.5. The Bertz CT molecular complexity index is 446. The van der Waals surface area contributed by atoms with Crippen LogP contribution in [0.3, 0.4) is 0 Å². The normalized spacial score (nSPS) is 23.1. The Kier molecular flexibility index (Phi) is 13.5. The first-order valence-electron chi connectivity index (χ1n) is 11.7. The summed E-state index contributed by atoms with van der Waals surface area (Å²) in [5, 5.41) is 20.5. The van der Waals surface area contributed by atoms with Crippen LogP contribution < -0.4 is 0 Å². The molecule has 1 rings (SSSR count). The Morgan fingerprint density at radius 2 is 1.89 bits per heavy atom. The Morgan fingerprint density at radius 1 is 1.14 bits per heavy atom. The maximum atomic E-state index is 11.9. The Balaban J connectivity index is 2.32. The van der Waals surface area contributed by atoms with Gasteiger partial charge in [0.1, 0.15) is 0 Å². The maximum Gasteiger partial charge on any atom is 0.308 e. The maximum absolute atomic E-state index is 11.9. The van der Waals surface area contributed by atoms with Crippen LogP contribution in [0.1, 0.15) is 104 Å². The fourth-order valence-corrected chi connectivity index (χ4v) is 4.30. The van der Waals surface area contributed by atoms with Gasteiger partial charge in [0.15, 0.2) is 0 Å². The van der Waals surface area contributed by atoms with E-state index in [1.807, 2.05) is 13.8 Å². The summed E-state index contributed by atoms with van der Waals surface area (Å²) in [7, 11) is 0. The highest BCUT2D eigenvalue weighted by atomic mass is 16.5. The van der Waals surface area contributed by atoms with Crippen molar-refractivity contribution in [1.82, 2.24) is 0 Å². The van der Waals surface area contributed by atoms with Crippen molar-refractivity contribution in [3.05, 3.63) is 11.6 Å². The molecule has 0 aromatic rings. The Morgan fingerprint density at radius 3 is 2.57 bits per heavy atom. The van der Waals surface area contributed by atoms with Crippen molar-refractivity contribution < 1.29 is 19.7 Å². The van der Waals surface area contributed by atoms with Gasteiger partial charge in [0.25, 0.3) is 0 Å². The van der Waals surface area contributed by atoms with Crippen molar-refractivity contribution in [2.24, 2.45) is 11.8 Å². The van der Waals surface area contributed by atoms with Gasteiger partial charge in [-0.25, -0.2) is 0 Å². The number of ether oxygens (including phenoxy) is 1. The molecule has 0 aromatic heterocycles. The lowest BCUT2D eigenvalue weighted by atomic mass is 9.91. The third kappa shape index (κ3) is 9.56.